The summed E-state index contributed by atoms with van der Waals surface area (Å²) in [7, 11) is 0. The van der Waals surface area contributed by atoms with Crippen LogP contribution >= 0.6 is 0 Å². The van der Waals surface area contributed by atoms with Gasteiger partial charge < -0.3 is 15.3 Å². The van der Waals surface area contributed by atoms with Gasteiger partial charge in [0.2, 0.25) is 11.8 Å². The Kier molecular flexibility index (Phi) is 3.75. The Morgan fingerprint density at radius 1 is 1.47 bits per heavy atom. The van der Waals surface area contributed by atoms with Crippen LogP contribution in [-0.2, 0) is 14.4 Å². The molecule has 0 aliphatic carbocycles. The molecule has 0 bridgehead atoms. The van der Waals surface area contributed by atoms with E-state index in [1.165, 1.54) is 0 Å². The van der Waals surface area contributed by atoms with Gasteiger partial charge in [0.25, 0.3) is 0 Å². The maximum Gasteiger partial charge on any atom is 0.322 e. The molecule has 1 unspecified atom stereocenters. The molecule has 96 valence electrons. The molecule has 2 amide bonds. The second kappa shape index (κ2) is 4.73. The summed E-state index contributed by atoms with van der Waals surface area (Å²) in [6, 6.07) is 0. The van der Waals surface area contributed by atoms with E-state index in [1.807, 2.05) is 20.8 Å². The van der Waals surface area contributed by atoms with Crippen LogP contribution in [0.15, 0.2) is 0 Å². The van der Waals surface area contributed by atoms with Crippen LogP contribution in [0.2, 0.25) is 0 Å². The summed E-state index contributed by atoms with van der Waals surface area (Å²) in [6.45, 7) is 5.67. The molecule has 1 heterocycles. The maximum absolute atomic E-state index is 11.7. The average Bonchev–Trinajstić information content (AvgIpc) is 2.56. The first-order valence-corrected chi connectivity index (χ1v) is 5.52. The predicted octanol–water partition coefficient (Wildman–Crippen LogP) is -0.166. The average molecular weight is 242 g/mol. The fourth-order valence-corrected chi connectivity index (χ4v) is 1.84. The predicted molar refractivity (Wildman–Crippen MR) is 60.2 cm³/mol. The number of carboxylic acids is 1. The maximum atomic E-state index is 11.7. The van der Waals surface area contributed by atoms with Crippen LogP contribution < -0.4 is 5.32 Å². The zero-order chi connectivity index (χ0) is 13.2. The van der Waals surface area contributed by atoms with Crippen LogP contribution in [-0.4, -0.2) is 46.4 Å². The van der Waals surface area contributed by atoms with E-state index in [0.29, 0.717) is 6.54 Å². The van der Waals surface area contributed by atoms with Gasteiger partial charge in [-0.3, -0.25) is 14.4 Å². The molecule has 0 saturated carbocycles. The number of amides is 2. The van der Waals surface area contributed by atoms with Crippen molar-refractivity contribution in [2.24, 2.45) is 5.92 Å². The van der Waals surface area contributed by atoms with Crippen molar-refractivity contribution in [3.8, 4) is 0 Å². The van der Waals surface area contributed by atoms with E-state index in [-0.39, 0.29) is 23.8 Å². The largest absolute Gasteiger partial charge is 0.480 e. The minimum Gasteiger partial charge on any atom is -0.480 e. The molecule has 1 atom stereocenters. The summed E-state index contributed by atoms with van der Waals surface area (Å²) in [5.41, 5.74) is -0.307. The van der Waals surface area contributed by atoms with Crippen LogP contribution in [0, 0.1) is 5.92 Å². The summed E-state index contributed by atoms with van der Waals surface area (Å²) >= 11 is 0. The summed E-state index contributed by atoms with van der Waals surface area (Å²) in [4.78, 5) is 35.3. The summed E-state index contributed by atoms with van der Waals surface area (Å²) in [5.74, 6) is -1.96. The lowest BCUT2D eigenvalue weighted by atomic mass is 10.1. The summed E-state index contributed by atoms with van der Waals surface area (Å²) < 4.78 is 0. The Morgan fingerprint density at radius 2 is 2.06 bits per heavy atom. The molecular formula is C11H18N2O4. The number of likely N-dealkylation sites (tertiary alicyclic amines) is 1. The number of nitrogens with zero attached hydrogens (tertiary/aromatic N) is 1. The zero-order valence-corrected chi connectivity index (χ0v) is 10.3. The Morgan fingerprint density at radius 3 is 2.47 bits per heavy atom. The molecule has 0 aromatic heterocycles. The highest BCUT2D eigenvalue weighted by Crippen LogP contribution is 2.25. The van der Waals surface area contributed by atoms with Crippen molar-refractivity contribution in [1.82, 2.24) is 10.2 Å². The van der Waals surface area contributed by atoms with E-state index < -0.39 is 18.4 Å². The molecule has 0 aromatic carbocycles. The Hall–Kier alpha value is -1.59. The standard InChI is InChI=1S/C11H18N2O4/c1-11(2,3)13-6-7(4-8(13)14)10(17)12-5-9(15)16/h7H,4-6H2,1-3H3,(H,12,17)(H,15,16). The molecule has 1 aliphatic heterocycles. The van der Waals surface area contributed by atoms with Crippen LogP contribution in [0.4, 0.5) is 0 Å². The molecule has 0 spiro atoms. The van der Waals surface area contributed by atoms with Gasteiger partial charge in [0.15, 0.2) is 0 Å². The van der Waals surface area contributed by atoms with E-state index >= 15 is 0 Å². The third kappa shape index (κ3) is 3.44. The van der Waals surface area contributed by atoms with Gasteiger partial charge in [-0.1, -0.05) is 0 Å². The number of carbonyl (C=O) groups is 3. The Bertz CT molecular complexity index is 346. The number of carboxylic acid groups (broad SMARTS) is 1. The third-order valence-corrected chi connectivity index (χ3v) is 2.72. The SMILES string of the molecule is CC(C)(C)N1CC(C(=O)NCC(=O)O)CC1=O. The molecule has 0 radical (unpaired) electrons. The lowest BCUT2D eigenvalue weighted by Crippen LogP contribution is -2.43. The van der Waals surface area contributed by atoms with Crippen molar-refractivity contribution in [3.63, 3.8) is 0 Å². The van der Waals surface area contributed by atoms with Gasteiger partial charge in [0, 0.05) is 18.5 Å². The smallest absolute Gasteiger partial charge is 0.322 e. The first-order chi connectivity index (χ1) is 7.71. The highest BCUT2D eigenvalue weighted by molar-refractivity contribution is 5.90. The minimum atomic E-state index is -1.09. The van der Waals surface area contributed by atoms with Gasteiger partial charge in [0.1, 0.15) is 6.54 Å². The fraction of sp³-hybridized carbons (Fsp3) is 0.727. The van der Waals surface area contributed by atoms with Gasteiger partial charge in [-0.25, -0.2) is 0 Å². The summed E-state index contributed by atoms with van der Waals surface area (Å²) in [6.07, 6.45) is 0.155. The number of rotatable bonds is 3. The fourth-order valence-electron chi connectivity index (χ4n) is 1.84. The molecule has 6 nitrogen and oxygen atoms in total. The van der Waals surface area contributed by atoms with Crippen molar-refractivity contribution in [2.45, 2.75) is 32.7 Å². The molecule has 1 rings (SSSR count). The minimum absolute atomic E-state index is 0.0621. The monoisotopic (exact) mass is 242 g/mol. The Labute approximate surface area is 100.0 Å². The van der Waals surface area contributed by atoms with E-state index in [0.717, 1.165) is 0 Å². The number of nitrogens with one attached hydrogen (secondary N) is 1. The molecule has 1 aliphatic rings. The number of carbonyl (C=O) groups excluding carboxylic acids is 2. The number of hydrogen-bond donors (Lipinski definition) is 2. The zero-order valence-electron chi connectivity index (χ0n) is 10.3. The molecular weight excluding hydrogens is 224 g/mol. The van der Waals surface area contributed by atoms with Gasteiger partial charge in [-0.05, 0) is 20.8 Å². The van der Waals surface area contributed by atoms with E-state index in [9.17, 15) is 14.4 Å². The lowest BCUT2D eigenvalue weighted by molar-refractivity contribution is -0.138. The van der Waals surface area contributed by atoms with Crippen molar-refractivity contribution >= 4 is 17.8 Å². The third-order valence-electron chi connectivity index (χ3n) is 2.72. The lowest BCUT2D eigenvalue weighted by Gasteiger charge is -2.31. The quantitative estimate of drug-likeness (QED) is 0.719. The van der Waals surface area contributed by atoms with E-state index in [4.69, 9.17) is 5.11 Å². The molecule has 17 heavy (non-hydrogen) atoms. The normalized spacial score (nSPS) is 20.5. The Balaban J connectivity index is 2.57. The van der Waals surface area contributed by atoms with E-state index in [2.05, 4.69) is 5.32 Å². The van der Waals surface area contributed by atoms with Crippen molar-refractivity contribution in [1.29, 1.82) is 0 Å². The number of hydrogen-bond acceptors (Lipinski definition) is 3. The van der Waals surface area contributed by atoms with Crippen LogP contribution in [0.1, 0.15) is 27.2 Å². The van der Waals surface area contributed by atoms with Crippen LogP contribution in [0.3, 0.4) is 0 Å². The van der Waals surface area contributed by atoms with Crippen LogP contribution in [0.5, 0.6) is 0 Å². The van der Waals surface area contributed by atoms with Crippen LogP contribution in [0.25, 0.3) is 0 Å². The molecule has 1 fully saturated rings. The van der Waals surface area contributed by atoms with Crippen molar-refractivity contribution in [2.75, 3.05) is 13.1 Å². The summed E-state index contributed by atoms with van der Waals surface area (Å²) in [5, 5.41) is 10.7. The first-order valence-electron chi connectivity index (χ1n) is 5.52. The molecule has 2 N–H and O–H groups in total. The topological polar surface area (TPSA) is 86.7 Å². The van der Waals surface area contributed by atoms with Crippen molar-refractivity contribution in [3.05, 3.63) is 0 Å². The van der Waals surface area contributed by atoms with Gasteiger partial charge in [0.05, 0.1) is 5.92 Å². The highest BCUT2D eigenvalue weighted by atomic mass is 16.4. The van der Waals surface area contributed by atoms with Crippen molar-refractivity contribution < 1.29 is 19.5 Å². The van der Waals surface area contributed by atoms with Gasteiger partial charge >= 0.3 is 5.97 Å². The van der Waals surface area contributed by atoms with Gasteiger partial charge in [-0.2, -0.15) is 0 Å². The van der Waals surface area contributed by atoms with Gasteiger partial charge in [-0.15, -0.1) is 0 Å². The highest BCUT2D eigenvalue weighted by Gasteiger charge is 2.39. The molecule has 0 aromatic rings. The van der Waals surface area contributed by atoms with E-state index in [1.54, 1.807) is 4.90 Å². The second-order valence-electron chi connectivity index (χ2n) is 5.19. The second-order valence-corrected chi connectivity index (χ2v) is 5.19. The molecule has 6 heteroatoms. The first kappa shape index (κ1) is 13.5. The molecule has 1 saturated heterocycles. The number of aliphatic carboxylic acids is 1.